The van der Waals surface area contributed by atoms with E-state index in [0.29, 0.717) is 18.7 Å². The number of nitrogens with one attached hydrogen (secondary N) is 1. The second-order valence-corrected chi connectivity index (χ2v) is 5.55. The molecule has 0 heterocycles. The Bertz CT molecular complexity index is 423. The number of hydrogen-bond acceptors (Lipinski definition) is 4. The van der Waals surface area contributed by atoms with Crippen LogP contribution in [0.25, 0.3) is 0 Å². The summed E-state index contributed by atoms with van der Waals surface area (Å²) in [7, 11) is 0. The fourth-order valence-corrected chi connectivity index (χ4v) is 2.05. The summed E-state index contributed by atoms with van der Waals surface area (Å²) in [6, 6.07) is 6.44. The molecular weight excluding hydrogens is 261 g/mol. The van der Waals surface area contributed by atoms with Crippen molar-refractivity contribution in [2.45, 2.75) is 25.6 Å². The first-order valence-corrected chi connectivity index (χ1v) is 6.96. The number of halogens is 1. The van der Waals surface area contributed by atoms with E-state index in [1.807, 2.05) is 0 Å². The predicted molar refractivity (Wildman–Crippen MR) is 73.7 cm³/mol. The number of hydrogen-bond donors (Lipinski definition) is 3. The summed E-state index contributed by atoms with van der Waals surface area (Å²) in [5, 5.41) is 22.0. The summed E-state index contributed by atoms with van der Waals surface area (Å²) in [6.07, 6.45) is 1.45. The minimum atomic E-state index is -0.628. The molecule has 3 N–H and O–H groups in total. The van der Waals surface area contributed by atoms with Crippen molar-refractivity contribution in [2.75, 3.05) is 26.3 Å². The molecule has 4 nitrogen and oxygen atoms in total. The van der Waals surface area contributed by atoms with Crippen molar-refractivity contribution < 1.29 is 19.3 Å². The fourth-order valence-electron chi connectivity index (χ4n) is 2.05. The third kappa shape index (κ3) is 4.52. The zero-order valence-electron chi connectivity index (χ0n) is 11.5. The lowest BCUT2D eigenvalue weighted by Gasteiger charge is -2.16. The number of aliphatic hydroxyl groups is 2. The third-order valence-electron chi connectivity index (χ3n) is 3.70. The largest absolute Gasteiger partial charge is 0.396 e. The van der Waals surface area contributed by atoms with E-state index in [4.69, 9.17) is 9.84 Å². The SMILES string of the molecule is OCC1(CNCC(O)COCc2ccccc2F)CC1. The molecule has 0 spiro atoms. The maximum absolute atomic E-state index is 13.3. The Morgan fingerprint density at radius 3 is 2.75 bits per heavy atom. The van der Waals surface area contributed by atoms with Crippen LogP contribution < -0.4 is 5.32 Å². The van der Waals surface area contributed by atoms with E-state index in [-0.39, 0.29) is 31.1 Å². The van der Waals surface area contributed by atoms with E-state index >= 15 is 0 Å². The molecule has 1 atom stereocenters. The van der Waals surface area contributed by atoms with Crippen molar-refractivity contribution in [3.05, 3.63) is 35.6 Å². The van der Waals surface area contributed by atoms with Gasteiger partial charge >= 0.3 is 0 Å². The van der Waals surface area contributed by atoms with E-state index in [0.717, 1.165) is 12.8 Å². The summed E-state index contributed by atoms with van der Waals surface area (Å²) < 4.78 is 18.6. The topological polar surface area (TPSA) is 61.7 Å². The van der Waals surface area contributed by atoms with Gasteiger partial charge < -0.3 is 20.3 Å². The molecule has 1 unspecified atom stereocenters. The van der Waals surface area contributed by atoms with Gasteiger partial charge in [0, 0.05) is 30.7 Å². The summed E-state index contributed by atoms with van der Waals surface area (Å²) in [5.74, 6) is -0.293. The van der Waals surface area contributed by atoms with Gasteiger partial charge in [0.2, 0.25) is 0 Å². The molecule has 1 fully saturated rings. The number of rotatable bonds is 9. The molecule has 0 bridgehead atoms. The van der Waals surface area contributed by atoms with Crippen LogP contribution in [-0.4, -0.2) is 42.6 Å². The van der Waals surface area contributed by atoms with Gasteiger partial charge in [-0.25, -0.2) is 4.39 Å². The van der Waals surface area contributed by atoms with Crippen molar-refractivity contribution in [2.24, 2.45) is 5.41 Å². The number of aliphatic hydroxyl groups excluding tert-OH is 2. The molecule has 0 aromatic heterocycles. The molecule has 1 aromatic rings. The predicted octanol–water partition coefficient (Wildman–Crippen LogP) is 1.07. The Morgan fingerprint density at radius 1 is 1.35 bits per heavy atom. The number of benzene rings is 1. The van der Waals surface area contributed by atoms with Crippen LogP contribution in [0.5, 0.6) is 0 Å². The molecule has 5 heteroatoms. The molecule has 112 valence electrons. The zero-order valence-corrected chi connectivity index (χ0v) is 11.5. The van der Waals surface area contributed by atoms with Crippen LogP contribution in [0.15, 0.2) is 24.3 Å². The van der Waals surface area contributed by atoms with Crippen LogP contribution in [0.1, 0.15) is 18.4 Å². The highest BCUT2D eigenvalue weighted by Gasteiger charge is 2.41. The molecule has 2 rings (SSSR count). The van der Waals surface area contributed by atoms with E-state index in [9.17, 15) is 9.50 Å². The normalized spacial score (nSPS) is 17.9. The van der Waals surface area contributed by atoms with Crippen molar-refractivity contribution >= 4 is 0 Å². The van der Waals surface area contributed by atoms with Gasteiger partial charge in [0.05, 0.1) is 19.3 Å². The molecule has 1 aliphatic rings. The van der Waals surface area contributed by atoms with Gasteiger partial charge in [-0.15, -0.1) is 0 Å². The molecule has 0 aliphatic heterocycles. The molecule has 1 aromatic carbocycles. The van der Waals surface area contributed by atoms with E-state index in [1.165, 1.54) is 6.07 Å². The summed E-state index contributed by atoms with van der Waals surface area (Å²) >= 11 is 0. The standard InChI is InChI=1S/C15H22FNO3/c16-14-4-2-1-3-12(14)8-20-9-13(19)7-17-10-15(11-18)5-6-15/h1-4,13,17-19H,5-11H2. The smallest absolute Gasteiger partial charge is 0.128 e. The van der Waals surface area contributed by atoms with E-state index in [2.05, 4.69) is 5.32 Å². The average molecular weight is 283 g/mol. The summed E-state index contributed by atoms with van der Waals surface area (Å²) in [5.41, 5.74) is 0.526. The summed E-state index contributed by atoms with van der Waals surface area (Å²) in [4.78, 5) is 0. The first-order chi connectivity index (χ1) is 9.65. The van der Waals surface area contributed by atoms with Crippen LogP contribution in [0.2, 0.25) is 0 Å². The average Bonchev–Trinajstić information content (AvgIpc) is 3.21. The Labute approximate surface area is 118 Å². The fraction of sp³-hybridized carbons (Fsp3) is 0.600. The second-order valence-electron chi connectivity index (χ2n) is 5.55. The van der Waals surface area contributed by atoms with E-state index in [1.54, 1.807) is 18.2 Å². The molecular formula is C15H22FNO3. The van der Waals surface area contributed by atoms with Gasteiger partial charge in [0.1, 0.15) is 5.82 Å². The lowest BCUT2D eigenvalue weighted by atomic mass is 10.1. The summed E-state index contributed by atoms with van der Waals surface area (Å²) in [6.45, 7) is 1.64. The minimum absolute atomic E-state index is 0.0355. The van der Waals surface area contributed by atoms with Crippen LogP contribution in [0.3, 0.4) is 0 Å². The Balaban J connectivity index is 1.58. The van der Waals surface area contributed by atoms with Crippen molar-refractivity contribution in [3.8, 4) is 0 Å². The molecule has 1 saturated carbocycles. The van der Waals surface area contributed by atoms with Gasteiger partial charge in [0.25, 0.3) is 0 Å². The molecule has 0 saturated heterocycles. The van der Waals surface area contributed by atoms with Gasteiger partial charge in [-0.1, -0.05) is 18.2 Å². The maximum Gasteiger partial charge on any atom is 0.128 e. The van der Waals surface area contributed by atoms with Crippen LogP contribution in [-0.2, 0) is 11.3 Å². The van der Waals surface area contributed by atoms with E-state index < -0.39 is 6.10 Å². The van der Waals surface area contributed by atoms with Gasteiger partial charge in [-0.3, -0.25) is 0 Å². The van der Waals surface area contributed by atoms with Gasteiger partial charge in [0.15, 0.2) is 0 Å². The highest BCUT2D eigenvalue weighted by atomic mass is 19.1. The monoisotopic (exact) mass is 283 g/mol. The minimum Gasteiger partial charge on any atom is -0.396 e. The lowest BCUT2D eigenvalue weighted by molar-refractivity contribution is 0.0270. The third-order valence-corrected chi connectivity index (χ3v) is 3.70. The van der Waals surface area contributed by atoms with Crippen LogP contribution in [0, 0.1) is 11.2 Å². The Kier molecular flexibility index (Phi) is 5.48. The highest BCUT2D eigenvalue weighted by Crippen LogP contribution is 2.44. The van der Waals surface area contributed by atoms with Crippen LogP contribution in [0.4, 0.5) is 4.39 Å². The van der Waals surface area contributed by atoms with Crippen molar-refractivity contribution in [3.63, 3.8) is 0 Å². The van der Waals surface area contributed by atoms with Crippen molar-refractivity contribution in [1.29, 1.82) is 0 Å². The van der Waals surface area contributed by atoms with Crippen molar-refractivity contribution in [1.82, 2.24) is 5.32 Å². The quantitative estimate of drug-likeness (QED) is 0.634. The molecule has 0 amide bonds. The Hall–Kier alpha value is -1.01. The first kappa shape index (κ1) is 15.4. The number of ether oxygens (including phenoxy) is 1. The van der Waals surface area contributed by atoms with Crippen LogP contribution >= 0.6 is 0 Å². The van der Waals surface area contributed by atoms with Gasteiger partial charge in [-0.05, 0) is 18.9 Å². The van der Waals surface area contributed by atoms with Gasteiger partial charge in [-0.2, -0.15) is 0 Å². The molecule has 20 heavy (non-hydrogen) atoms. The molecule has 0 radical (unpaired) electrons. The first-order valence-electron chi connectivity index (χ1n) is 6.96. The molecule has 1 aliphatic carbocycles. The maximum atomic E-state index is 13.3. The second kappa shape index (κ2) is 7.13. The Morgan fingerprint density at radius 2 is 2.10 bits per heavy atom. The zero-order chi connectivity index (χ0) is 14.4. The lowest BCUT2D eigenvalue weighted by Crippen LogP contribution is -2.35. The highest BCUT2D eigenvalue weighted by molar-refractivity contribution is 5.16.